The van der Waals surface area contributed by atoms with Crippen LogP contribution >= 0.6 is 11.8 Å². The Hall–Kier alpha value is -1.10. The lowest BCUT2D eigenvalue weighted by atomic mass is 10.2. The van der Waals surface area contributed by atoms with E-state index in [1.54, 1.807) is 6.92 Å². The molecule has 5 heteroatoms. The van der Waals surface area contributed by atoms with Gasteiger partial charge in [0.1, 0.15) is 0 Å². The number of halogens is 2. The number of carbonyl (C=O) groups is 1. The molecule has 80 valence electrons. The van der Waals surface area contributed by atoms with E-state index >= 15 is 0 Å². The lowest BCUT2D eigenvalue weighted by Crippen LogP contribution is -2.20. The lowest BCUT2D eigenvalue weighted by molar-refractivity contribution is -0.118. The number of hydrogen-bond acceptors (Lipinski definition) is 2. The molecule has 1 aliphatic heterocycles. The molecular formula is C10H9F2NOS. The molecule has 2 rings (SSSR count). The van der Waals surface area contributed by atoms with Crippen molar-refractivity contribution < 1.29 is 13.6 Å². The zero-order chi connectivity index (χ0) is 11.0. The highest BCUT2D eigenvalue weighted by atomic mass is 32.2. The molecule has 0 aliphatic carbocycles. The molecule has 0 aromatic heterocycles. The first kappa shape index (κ1) is 10.4. The quantitative estimate of drug-likeness (QED) is 0.741. The van der Waals surface area contributed by atoms with Gasteiger partial charge in [0, 0.05) is 11.7 Å². The molecule has 1 aliphatic rings. The van der Waals surface area contributed by atoms with Gasteiger partial charge in [-0.2, -0.15) is 0 Å². The topological polar surface area (TPSA) is 29.1 Å². The Morgan fingerprint density at radius 1 is 1.47 bits per heavy atom. The van der Waals surface area contributed by atoms with Crippen LogP contribution in [0.2, 0.25) is 0 Å². The largest absolute Gasteiger partial charge is 0.325 e. The molecule has 1 heterocycles. The average molecular weight is 229 g/mol. The molecular weight excluding hydrogens is 220 g/mol. The van der Waals surface area contributed by atoms with Crippen molar-refractivity contribution in [3.63, 3.8) is 0 Å². The van der Waals surface area contributed by atoms with Crippen LogP contribution in [0.5, 0.6) is 0 Å². The Labute approximate surface area is 90.1 Å². The number of anilines is 1. The Morgan fingerprint density at radius 2 is 2.20 bits per heavy atom. The summed E-state index contributed by atoms with van der Waals surface area (Å²) in [7, 11) is 0. The summed E-state index contributed by atoms with van der Waals surface area (Å²) < 4.78 is 26.3. The third-order valence-corrected chi connectivity index (χ3v) is 3.59. The summed E-state index contributed by atoms with van der Waals surface area (Å²) in [6.07, 6.45) is 0. The second-order valence-corrected chi connectivity index (χ2v) is 4.47. The molecule has 15 heavy (non-hydrogen) atoms. The van der Waals surface area contributed by atoms with Gasteiger partial charge in [0.25, 0.3) is 0 Å². The van der Waals surface area contributed by atoms with Crippen LogP contribution in [0.4, 0.5) is 14.5 Å². The summed E-state index contributed by atoms with van der Waals surface area (Å²) in [4.78, 5) is 11.6. The van der Waals surface area contributed by atoms with Crippen molar-refractivity contribution in [2.45, 2.75) is 11.8 Å². The lowest BCUT2D eigenvalue weighted by Gasteiger charge is -2.07. The molecule has 2 nitrogen and oxygen atoms in total. The van der Waals surface area contributed by atoms with Gasteiger partial charge in [0.05, 0.1) is 10.6 Å². The Bertz CT molecular complexity index is 422. The monoisotopic (exact) mass is 229 g/mol. The van der Waals surface area contributed by atoms with Crippen LogP contribution in [0, 0.1) is 17.6 Å². The van der Waals surface area contributed by atoms with E-state index in [0.717, 1.165) is 17.8 Å². The maximum Gasteiger partial charge on any atom is 0.228 e. The van der Waals surface area contributed by atoms with Crippen LogP contribution in [-0.2, 0) is 4.79 Å². The van der Waals surface area contributed by atoms with Crippen LogP contribution in [0.3, 0.4) is 0 Å². The molecule has 0 radical (unpaired) electrons. The predicted octanol–water partition coefficient (Wildman–Crippen LogP) is 2.65. The summed E-state index contributed by atoms with van der Waals surface area (Å²) >= 11 is 1.16. The van der Waals surface area contributed by atoms with Crippen molar-refractivity contribution in [1.82, 2.24) is 0 Å². The van der Waals surface area contributed by atoms with E-state index in [-0.39, 0.29) is 16.7 Å². The maximum atomic E-state index is 13.4. The maximum absolute atomic E-state index is 13.4. The molecule has 1 aromatic carbocycles. The minimum absolute atomic E-state index is 0.160. The van der Waals surface area contributed by atoms with Crippen LogP contribution in [0.25, 0.3) is 0 Å². The molecule has 1 atom stereocenters. The number of fused-ring (bicyclic) bond motifs is 1. The zero-order valence-corrected chi connectivity index (χ0v) is 8.83. The van der Waals surface area contributed by atoms with E-state index in [9.17, 15) is 13.6 Å². The van der Waals surface area contributed by atoms with E-state index in [0.29, 0.717) is 11.4 Å². The highest BCUT2D eigenvalue weighted by Gasteiger charge is 2.23. The van der Waals surface area contributed by atoms with Crippen molar-refractivity contribution >= 4 is 23.4 Å². The van der Waals surface area contributed by atoms with Gasteiger partial charge >= 0.3 is 0 Å². The van der Waals surface area contributed by atoms with Crippen molar-refractivity contribution in [3.05, 3.63) is 23.8 Å². The highest BCUT2D eigenvalue weighted by Crippen LogP contribution is 2.35. The number of amides is 1. The van der Waals surface area contributed by atoms with Gasteiger partial charge in [-0.25, -0.2) is 8.78 Å². The normalized spacial score (nSPS) is 20.5. The number of nitrogens with one attached hydrogen (secondary N) is 1. The van der Waals surface area contributed by atoms with Gasteiger partial charge < -0.3 is 5.32 Å². The third kappa shape index (κ3) is 1.84. The summed E-state index contributed by atoms with van der Waals surface area (Å²) in [5.74, 6) is -1.67. The summed E-state index contributed by atoms with van der Waals surface area (Å²) in [5.41, 5.74) is 0.355. The van der Waals surface area contributed by atoms with Gasteiger partial charge in [-0.1, -0.05) is 6.92 Å². The first-order valence-corrected chi connectivity index (χ1v) is 5.50. The summed E-state index contributed by atoms with van der Waals surface area (Å²) in [6, 6.07) is 2.40. The van der Waals surface area contributed by atoms with Crippen molar-refractivity contribution in [2.75, 3.05) is 11.1 Å². The van der Waals surface area contributed by atoms with Crippen molar-refractivity contribution in [3.8, 4) is 0 Å². The molecule has 0 saturated carbocycles. The summed E-state index contributed by atoms with van der Waals surface area (Å²) in [6.45, 7) is 1.75. The Balaban J connectivity index is 2.47. The molecule has 0 fully saturated rings. The standard InChI is InChI=1S/C10H9F2NOS/c1-5-4-15-9-7(13-10(5)14)3-2-6(11)8(9)12/h2-3,5H,4H2,1H3,(H,13,14). The summed E-state index contributed by atoms with van der Waals surface area (Å²) in [5, 5.41) is 2.57. The van der Waals surface area contributed by atoms with Crippen molar-refractivity contribution in [1.29, 1.82) is 0 Å². The Morgan fingerprint density at radius 3 is 2.93 bits per heavy atom. The number of benzene rings is 1. The molecule has 1 unspecified atom stereocenters. The van der Waals surface area contributed by atoms with Crippen molar-refractivity contribution in [2.24, 2.45) is 5.92 Å². The molecule has 0 bridgehead atoms. The molecule has 0 spiro atoms. The highest BCUT2D eigenvalue weighted by molar-refractivity contribution is 7.99. The van der Waals surface area contributed by atoms with Gasteiger partial charge in [-0.05, 0) is 12.1 Å². The number of carbonyl (C=O) groups excluding carboxylic acids is 1. The first-order chi connectivity index (χ1) is 7.09. The number of hydrogen-bond donors (Lipinski definition) is 1. The van der Waals surface area contributed by atoms with Crippen LogP contribution in [-0.4, -0.2) is 11.7 Å². The minimum atomic E-state index is -0.884. The second kappa shape index (κ2) is 3.81. The zero-order valence-electron chi connectivity index (χ0n) is 8.01. The molecule has 1 N–H and O–H groups in total. The van der Waals surface area contributed by atoms with Gasteiger partial charge in [0.2, 0.25) is 5.91 Å². The van der Waals surface area contributed by atoms with Gasteiger partial charge in [-0.15, -0.1) is 11.8 Å². The van der Waals surface area contributed by atoms with Crippen LogP contribution in [0.15, 0.2) is 17.0 Å². The van der Waals surface area contributed by atoms with E-state index < -0.39 is 11.6 Å². The molecule has 1 amide bonds. The minimum Gasteiger partial charge on any atom is -0.325 e. The fourth-order valence-electron chi connectivity index (χ4n) is 1.31. The molecule has 1 aromatic rings. The van der Waals surface area contributed by atoms with Crippen LogP contribution < -0.4 is 5.32 Å². The van der Waals surface area contributed by atoms with E-state index in [2.05, 4.69) is 5.32 Å². The number of rotatable bonds is 0. The average Bonchev–Trinajstić information content (AvgIpc) is 2.35. The number of thioether (sulfide) groups is 1. The fraction of sp³-hybridized carbons (Fsp3) is 0.300. The van der Waals surface area contributed by atoms with E-state index in [4.69, 9.17) is 0 Å². The third-order valence-electron chi connectivity index (χ3n) is 2.23. The van der Waals surface area contributed by atoms with Gasteiger partial charge in [0.15, 0.2) is 11.6 Å². The van der Waals surface area contributed by atoms with E-state index in [1.807, 2.05) is 0 Å². The van der Waals surface area contributed by atoms with E-state index in [1.165, 1.54) is 6.07 Å². The smallest absolute Gasteiger partial charge is 0.228 e. The predicted molar refractivity (Wildman–Crippen MR) is 54.9 cm³/mol. The fourth-order valence-corrected chi connectivity index (χ4v) is 2.38. The Kier molecular flexibility index (Phi) is 2.65. The molecule has 0 saturated heterocycles. The van der Waals surface area contributed by atoms with Gasteiger partial charge in [-0.3, -0.25) is 4.79 Å². The second-order valence-electron chi connectivity index (χ2n) is 3.44. The SMILES string of the molecule is CC1CSc2c(ccc(F)c2F)NC1=O. The van der Waals surface area contributed by atoms with Crippen LogP contribution in [0.1, 0.15) is 6.92 Å². The first-order valence-electron chi connectivity index (χ1n) is 4.51.